The summed E-state index contributed by atoms with van der Waals surface area (Å²) >= 11 is 0. The standard InChI is InChI=1S/C18H21F2N/c1-18(2,3)13-7-5-12(6-8-13)17(21-4)15-11-14(19)9-10-16(15)20/h5-11,17,21H,1-4H3. The highest BCUT2D eigenvalue weighted by Crippen LogP contribution is 2.28. The third-order valence-electron chi connectivity index (χ3n) is 3.67. The highest BCUT2D eigenvalue weighted by molar-refractivity contribution is 5.36. The maximum atomic E-state index is 14.0. The van der Waals surface area contributed by atoms with Gasteiger partial charge in [0.25, 0.3) is 0 Å². The zero-order valence-corrected chi connectivity index (χ0v) is 12.9. The molecule has 2 rings (SSSR count). The molecule has 21 heavy (non-hydrogen) atoms. The van der Waals surface area contributed by atoms with E-state index >= 15 is 0 Å². The van der Waals surface area contributed by atoms with Gasteiger partial charge in [-0.05, 0) is 41.8 Å². The van der Waals surface area contributed by atoms with Gasteiger partial charge in [-0.3, -0.25) is 0 Å². The molecule has 2 aromatic carbocycles. The first-order valence-electron chi connectivity index (χ1n) is 7.05. The molecule has 1 N–H and O–H groups in total. The second-order valence-corrected chi connectivity index (χ2v) is 6.26. The molecule has 0 spiro atoms. The molecular formula is C18H21F2N. The molecule has 0 saturated carbocycles. The van der Waals surface area contributed by atoms with Crippen LogP contribution in [0.5, 0.6) is 0 Å². The van der Waals surface area contributed by atoms with Gasteiger partial charge in [-0.25, -0.2) is 8.78 Å². The Morgan fingerprint density at radius 3 is 2.10 bits per heavy atom. The van der Waals surface area contributed by atoms with Crippen molar-refractivity contribution in [2.45, 2.75) is 32.2 Å². The van der Waals surface area contributed by atoms with Crippen LogP contribution < -0.4 is 5.32 Å². The molecular weight excluding hydrogens is 268 g/mol. The zero-order chi connectivity index (χ0) is 15.6. The Kier molecular flexibility index (Phi) is 4.43. The summed E-state index contributed by atoms with van der Waals surface area (Å²) in [6, 6.07) is 11.2. The van der Waals surface area contributed by atoms with Crippen LogP contribution in [-0.2, 0) is 5.41 Å². The Hall–Kier alpha value is -1.74. The first kappa shape index (κ1) is 15.6. The Bertz CT molecular complexity index is 612. The van der Waals surface area contributed by atoms with E-state index in [2.05, 4.69) is 26.1 Å². The van der Waals surface area contributed by atoms with Crippen molar-refractivity contribution >= 4 is 0 Å². The van der Waals surface area contributed by atoms with Gasteiger partial charge in [0.1, 0.15) is 11.6 Å². The molecule has 1 nitrogen and oxygen atoms in total. The third-order valence-corrected chi connectivity index (χ3v) is 3.67. The smallest absolute Gasteiger partial charge is 0.128 e. The average molecular weight is 289 g/mol. The molecule has 0 aliphatic carbocycles. The van der Waals surface area contributed by atoms with E-state index in [-0.39, 0.29) is 11.5 Å². The molecule has 3 heteroatoms. The largest absolute Gasteiger partial charge is 0.309 e. The van der Waals surface area contributed by atoms with Crippen molar-refractivity contribution in [1.29, 1.82) is 0 Å². The normalized spacial score (nSPS) is 13.2. The van der Waals surface area contributed by atoms with E-state index in [0.717, 1.165) is 11.6 Å². The van der Waals surface area contributed by atoms with Crippen molar-refractivity contribution in [3.8, 4) is 0 Å². The van der Waals surface area contributed by atoms with E-state index in [1.54, 1.807) is 7.05 Å². The van der Waals surface area contributed by atoms with Crippen LogP contribution in [0.2, 0.25) is 0 Å². The molecule has 0 aliphatic rings. The first-order valence-corrected chi connectivity index (χ1v) is 7.05. The fourth-order valence-corrected chi connectivity index (χ4v) is 2.41. The van der Waals surface area contributed by atoms with E-state index in [0.29, 0.717) is 5.56 Å². The predicted molar refractivity (Wildman–Crippen MR) is 82.4 cm³/mol. The number of hydrogen-bond donors (Lipinski definition) is 1. The molecule has 0 saturated heterocycles. The fraction of sp³-hybridized carbons (Fsp3) is 0.333. The summed E-state index contributed by atoms with van der Waals surface area (Å²) in [5.41, 5.74) is 2.51. The molecule has 2 aromatic rings. The van der Waals surface area contributed by atoms with Crippen molar-refractivity contribution in [3.05, 3.63) is 70.8 Å². The molecule has 0 heterocycles. The van der Waals surface area contributed by atoms with Gasteiger partial charge in [0.2, 0.25) is 0 Å². The maximum Gasteiger partial charge on any atom is 0.128 e. The number of benzene rings is 2. The van der Waals surface area contributed by atoms with Gasteiger partial charge >= 0.3 is 0 Å². The van der Waals surface area contributed by atoms with Gasteiger partial charge in [-0.2, -0.15) is 0 Å². The van der Waals surface area contributed by atoms with Crippen molar-refractivity contribution in [2.24, 2.45) is 0 Å². The van der Waals surface area contributed by atoms with E-state index in [9.17, 15) is 8.78 Å². The lowest BCUT2D eigenvalue weighted by Gasteiger charge is -2.22. The molecule has 0 amide bonds. The summed E-state index contributed by atoms with van der Waals surface area (Å²) in [6.07, 6.45) is 0. The second-order valence-electron chi connectivity index (χ2n) is 6.26. The minimum Gasteiger partial charge on any atom is -0.309 e. The number of rotatable bonds is 3. The van der Waals surface area contributed by atoms with Gasteiger partial charge in [0.05, 0.1) is 6.04 Å². The lowest BCUT2D eigenvalue weighted by Crippen LogP contribution is -2.19. The molecule has 0 radical (unpaired) electrons. The average Bonchev–Trinajstić information content (AvgIpc) is 2.43. The molecule has 0 aliphatic heterocycles. The Balaban J connectivity index is 2.40. The fourth-order valence-electron chi connectivity index (χ4n) is 2.41. The highest BCUT2D eigenvalue weighted by Gasteiger charge is 2.18. The summed E-state index contributed by atoms with van der Waals surface area (Å²) in [5.74, 6) is -0.839. The van der Waals surface area contributed by atoms with Crippen molar-refractivity contribution in [2.75, 3.05) is 7.05 Å². The predicted octanol–water partition coefficient (Wildman–Crippen LogP) is 4.57. The number of halogens is 2. The molecule has 1 atom stereocenters. The summed E-state index contributed by atoms with van der Waals surface area (Å²) < 4.78 is 27.3. The summed E-state index contributed by atoms with van der Waals surface area (Å²) in [5, 5.41) is 3.05. The topological polar surface area (TPSA) is 12.0 Å². The molecule has 112 valence electrons. The monoisotopic (exact) mass is 289 g/mol. The van der Waals surface area contributed by atoms with Crippen LogP contribution in [0.25, 0.3) is 0 Å². The van der Waals surface area contributed by atoms with Gasteiger partial charge in [0.15, 0.2) is 0 Å². The van der Waals surface area contributed by atoms with Crippen LogP contribution in [0.1, 0.15) is 43.5 Å². The van der Waals surface area contributed by atoms with Gasteiger partial charge in [0, 0.05) is 5.56 Å². The second kappa shape index (κ2) is 5.94. The van der Waals surface area contributed by atoms with Crippen LogP contribution in [0, 0.1) is 11.6 Å². The van der Waals surface area contributed by atoms with Gasteiger partial charge in [-0.1, -0.05) is 45.0 Å². The van der Waals surface area contributed by atoms with Crippen LogP contribution in [0.3, 0.4) is 0 Å². The minimum absolute atomic E-state index is 0.0672. The number of hydrogen-bond acceptors (Lipinski definition) is 1. The van der Waals surface area contributed by atoms with Crippen molar-refractivity contribution in [1.82, 2.24) is 5.32 Å². The quantitative estimate of drug-likeness (QED) is 0.872. The first-order chi connectivity index (χ1) is 9.82. The summed E-state index contributed by atoms with van der Waals surface area (Å²) in [4.78, 5) is 0. The van der Waals surface area contributed by atoms with Crippen LogP contribution in [0.15, 0.2) is 42.5 Å². The van der Waals surface area contributed by atoms with Crippen molar-refractivity contribution < 1.29 is 8.78 Å². The third kappa shape index (κ3) is 3.48. The van der Waals surface area contributed by atoms with E-state index in [1.807, 2.05) is 24.3 Å². The molecule has 1 unspecified atom stereocenters. The maximum absolute atomic E-state index is 14.0. The van der Waals surface area contributed by atoms with E-state index in [4.69, 9.17) is 0 Å². The SMILES string of the molecule is CNC(c1ccc(C(C)(C)C)cc1)c1cc(F)ccc1F. The Morgan fingerprint density at radius 1 is 0.952 bits per heavy atom. The Labute approximate surface area is 125 Å². The minimum atomic E-state index is -0.432. The lowest BCUT2D eigenvalue weighted by molar-refractivity contribution is 0.557. The Morgan fingerprint density at radius 2 is 1.57 bits per heavy atom. The zero-order valence-electron chi connectivity index (χ0n) is 12.9. The van der Waals surface area contributed by atoms with Gasteiger partial charge in [-0.15, -0.1) is 0 Å². The summed E-state index contributed by atoms with van der Waals surface area (Å²) in [6.45, 7) is 6.43. The molecule has 0 bridgehead atoms. The van der Waals surface area contributed by atoms with Gasteiger partial charge < -0.3 is 5.32 Å². The lowest BCUT2D eigenvalue weighted by atomic mass is 9.86. The highest BCUT2D eigenvalue weighted by atomic mass is 19.1. The van der Waals surface area contributed by atoms with E-state index in [1.165, 1.54) is 17.7 Å². The summed E-state index contributed by atoms with van der Waals surface area (Å²) in [7, 11) is 1.74. The van der Waals surface area contributed by atoms with Crippen LogP contribution in [0.4, 0.5) is 8.78 Å². The molecule has 0 aromatic heterocycles. The molecule has 0 fully saturated rings. The van der Waals surface area contributed by atoms with E-state index < -0.39 is 11.6 Å². The van der Waals surface area contributed by atoms with Crippen LogP contribution in [-0.4, -0.2) is 7.05 Å². The number of nitrogens with one attached hydrogen (secondary N) is 1. The van der Waals surface area contributed by atoms with Crippen LogP contribution >= 0.6 is 0 Å². The van der Waals surface area contributed by atoms with Crippen molar-refractivity contribution in [3.63, 3.8) is 0 Å².